The second kappa shape index (κ2) is 6.99. The molecule has 0 aliphatic carbocycles. The van der Waals surface area contributed by atoms with Crippen LogP contribution in [-0.4, -0.2) is 4.89 Å². The van der Waals surface area contributed by atoms with Crippen LogP contribution in [0.2, 0.25) is 0 Å². The minimum Gasteiger partial charge on any atom is -0.235 e. The number of rotatable bonds is 3. The van der Waals surface area contributed by atoms with E-state index in [9.17, 15) is 4.89 Å². The Labute approximate surface area is 158 Å². The molecule has 0 aliphatic heterocycles. The van der Waals surface area contributed by atoms with Gasteiger partial charge in [0.15, 0.2) is 0 Å². The maximum atomic E-state index is 12.6. The van der Waals surface area contributed by atoms with Crippen LogP contribution in [0.25, 0.3) is 0 Å². The second-order valence-electron chi connectivity index (χ2n) is 7.36. The Bertz CT molecular complexity index is 786. The summed E-state index contributed by atoms with van der Waals surface area (Å²) in [6, 6.07) is 18.9. The molecular formula is C24H28OP+. The molecule has 26 heavy (non-hydrogen) atoms. The van der Waals surface area contributed by atoms with E-state index in [0.717, 1.165) is 49.3 Å². The Hall–Kier alpha value is -1.95. The lowest BCUT2D eigenvalue weighted by Crippen LogP contribution is -2.38. The molecule has 1 N–H and O–H groups in total. The Kier molecular flexibility index (Phi) is 5.06. The zero-order valence-electron chi connectivity index (χ0n) is 16.6. The van der Waals surface area contributed by atoms with Crippen LogP contribution in [0.4, 0.5) is 0 Å². The van der Waals surface area contributed by atoms with Crippen LogP contribution in [-0.2, 0) is 0 Å². The zero-order chi connectivity index (χ0) is 19.1. The maximum absolute atomic E-state index is 12.6. The number of hydrogen-bond acceptors (Lipinski definition) is 1. The van der Waals surface area contributed by atoms with Gasteiger partial charge in [-0.3, -0.25) is 0 Å². The summed E-state index contributed by atoms with van der Waals surface area (Å²) in [5, 5.41) is 3.32. The van der Waals surface area contributed by atoms with Gasteiger partial charge in [0.1, 0.15) is 15.9 Å². The molecule has 0 saturated carbocycles. The van der Waals surface area contributed by atoms with E-state index in [2.05, 4.69) is 96.1 Å². The molecule has 0 spiro atoms. The minimum absolute atomic E-state index is 1.11. The molecule has 0 unspecified atom stereocenters. The lowest BCUT2D eigenvalue weighted by molar-refractivity contribution is 0.632. The molecule has 0 amide bonds. The summed E-state index contributed by atoms with van der Waals surface area (Å²) in [6.07, 6.45) is 0. The summed E-state index contributed by atoms with van der Waals surface area (Å²) in [5.74, 6) is 0. The van der Waals surface area contributed by atoms with Gasteiger partial charge in [0, 0.05) is 0 Å². The van der Waals surface area contributed by atoms with Crippen molar-refractivity contribution >= 4 is 23.4 Å². The Morgan fingerprint density at radius 3 is 0.846 bits per heavy atom. The topological polar surface area (TPSA) is 20.2 Å². The summed E-state index contributed by atoms with van der Waals surface area (Å²) < 4.78 is 0. The van der Waals surface area contributed by atoms with E-state index in [1.165, 1.54) is 0 Å². The monoisotopic (exact) mass is 363 g/mol. The van der Waals surface area contributed by atoms with Gasteiger partial charge in [-0.2, -0.15) is 0 Å². The summed E-state index contributed by atoms with van der Waals surface area (Å²) in [4.78, 5) is 12.6. The summed E-state index contributed by atoms with van der Waals surface area (Å²) in [7, 11) is -2.75. The molecule has 3 aromatic carbocycles. The summed E-state index contributed by atoms with van der Waals surface area (Å²) in [5.41, 5.74) is 6.95. The molecule has 0 atom stereocenters. The fraction of sp³-hybridized carbons (Fsp3) is 0.250. The molecule has 2 heteroatoms. The predicted octanol–water partition coefficient (Wildman–Crippen LogP) is 4.74. The minimum atomic E-state index is -2.75. The quantitative estimate of drug-likeness (QED) is 0.667. The van der Waals surface area contributed by atoms with Gasteiger partial charge in [0.05, 0.1) is 0 Å². The first kappa shape index (κ1) is 18.8. The molecule has 0 radical (unpaired) electrons. The average Bonchev–Trinajstić information content (AvgIpc) is 2.54. The van der Waals surface area contributed by atoms with E-state index in [0.29, 0.717) is 0 Å². The van der Waals surface area contributed by atoms with Crippen molar-refractivity contribution < 1.29 is 4.89 Å². The van der Waals surface area contributed by atoms with E-state index < -0.39 is 7.49 Å². The van der Waals surface area contributed by atoms with Crippen molar-refractivity contribution in [2.75, 3.05) is 0 Å². The maximum Gasteiger partial charge on any atom is 0.240 e. The molecule has 0 bridgehead atoms. The fourth-order valence-corrected chi connectivity index (χ4v) is 8.46. The van der Waals surface area contributed by atoms with Crippen molar-refractivity contribution in [3.05, 3.63) is 88.0 Å². The number of benzene rings is 3. The van der Waals surface area contributed by atoms with Crippen molar-refractivity contribution in [1.82, 2.24) is 0 Å². The van der Waals surface area contributed by atoms with E-state index in [4.69, 9.17) is 0 Å². The highest BCUT2D eigenvalue weighted by molar-refractivity contribution is 7.91. The molecule has 134 valence electrons. The molecule has 3 aromatic rings. The van der Waals surface area contributed by atoms with Crippen molar-refractivity contribution in [1.29, 1.82) is 0 Å². The standard InChI is InChI=1S/C24H28OP/c1-16-10-7-11-17(2)22(16)26(25,23-18(3)12-8-13-19(23)4)24-20(5)14-9-15-21(24)6/h7-15,25H,1-6H3/q+1. The molecular weight excluding hydrogens is 335 g/mol. The Morgan fingerprint density at radius 1 is 0.462 bits per heavy atom. The van der Waals surface area contributed by atoms with Gasteiger partial charge in [0.2, 0.25) is 7.49 Å². The van der Waals surface area contributed by atoms with E-state index in [-0.39, 0.29) is 0 Å². The van der Waals surface area contributed by atoms with Crippen LogP contribution in [0.15, 0.2) is 54.6 Å². The van der Waals surface area contributed by atoms with Crippen molar-refractivity contribution in [2.24, 2.45) is 0 Å². The van der Waals surface area contributed by atoms with Crippen molar-refractivity contribution in [2.45, 2.75) is 41.5 Å². The molecule has 0 aromatic heterocycles. The highest BCUT2D eigenvalue weighted by Gasteiger charge is 2.50. The summed E-state index contributed by atoms with van der Waals surface area (Å²) >= 11 is 0. The van der Waals surface area contributed by atoms with Gasteiger partial charge in [-0.1, -0.05) is 54.6 Å². The van der Waals surface area contributed by atoms with Gasteiger partial charge in [-0.15, -0.1) is 0 Å². The van der Waals surface area contributed by atoms with Crippen LogP contribution >= 0.6 is 7.49 Å². The van der Waals surface area contributed by atoms with E-state index in [1.54, 1.807) is 0 Å². The highest BCUT2D eigenvalue weighted by Crippen LogP contribution is 2.55. The van der Waals surface area contributed by atoms with Gasteiger partial charge in [-0.05, 0) is 74.9 Å². The van der Waals surface area contributed by atoms with Gasteiger partial charge >= 0.3 is 0 Å². The third-order valence-electron chi connectivity index (χ3n) is 5.29. The molecule has 3 rings (SSSR count). The average molecular weight is 363 g/mol. The normalized spacial score (nSPS) is 11.7. The highest BCUT2D eigenvalue weighted by atomic mass is 31.2. The molecule has 0 aliphatic rings. The van der Waals surface area contributed by atoms with E-state index >= 15 is 0 Å². The SMILES string of the molecule is Cc1cccc(C)c1[P+](O)(c1c(C)cccc1C)c1c(C)cccc1C. The van der Waals surface area contributed by atoms with Gasteiger partial charge in [0.25, 0.3) is 0 Å². The lowest BCUT2D eigenvalue weighted by Gasteiger charge is -2.28. The third kappa shape index (κ3) is 2.90. The first-order chi connectivity index (χ1) is 12.3. The summed E-state index contributed by atoms with van der Waals surface area (Å²) in [6.45, 7) is 12.7. The number of hydrogen-bond donors (Lipinski definition) is 1. The van der Waals surface area contributed by atoms with Gasteiger partial charge in [-0.25, -0.2) is 4.89 Å². The smallest absolute Gasteiger partial charge is 0.235 e. The lowest BCUT2D eigenvalue weighted by atomic mass is 10.1. The third-order valence-corrected chi connectivity index (χ3v) is 9.35. The zero-order valence-corrected chi connectivity index (χ0v) is 17.5. The molecule has 0 fully saturated rings. The Morgan fingerprint density at radius 2 is 0.654 bits per heavy atom. The van der Waals surface area contributed by atoms with E-state index in [1.807, 2.05) is 0 Å². The van der Waals surface area contributed by atoms with Crippen LogP contribution < -0.4 is 15.9 Å². The second-order valence-corrected chi connectivity index (χ2v) is 9.97. The van der Waals surface area contributed by atoms with Crippen LogP contribution in [0.3, 0.4) is 0 Å². The predicted molar refractivity (Wildman–Crippen MR) is 116 cm³/mol. The molecule has 0 heterocycles. The van der Waals surface area contributed by atoms with Crippen LogP contribution in [0.1, 0.15) is 33.4 Å². The Balaban J connectivity index is 2.53. The number of aryl methyl sites for hydroxylation is 6. The van der Waals surface area contributed by atoms with Crippen molar-refractivity contribution in [3.63, 3.8) is 0 Å². The van der Waals surface area contributed by atoms with Crippen molar-refractivity contribution in [3.8, 4) is 0 Å². The largest absolute Gasteiger partial charge is 0.240 e. The van der Waals surface area contributed by atoms with Crippen LogP contribution in [0.5, 0.6) is 0 Å². The molecule has 1 nitrogen and oxygen atoms in total. The molecule has 0 saturated heterocycles. The first-order valence-electron chi connectivity index (χ1n) is 9.10. The van der Waals surface area contributed by atoms with Gasteiger partial charge < -0.3 is 0 Å². The first-order valence-corrected chi connectivity index (χ1v) is 10.8. The van der Waals surface area contributed by atoms with Crippen LogP contribution in [0, 0.1) is 41.5 Å². The fourth-order valence-electron chi connectivity index (χ4n) is 4.28.